The highest BCUT2D eigenvalue weighted by molar-refractivity contribution is 6.30. The Balaban J connectivity index is 1.35. The molecule has 2 aromatic rings. The number of carbonyl (C=O) groups is 2. The molecule has 172 valence electrons. The first-order valence-electron chi connectivity index (χ1n) is 11.6. The predicted octanol–water partition coefficient (Wildman–Crippen LogP) is 5.32. The van der Waals surface area contributed by atoms with Gasteiger partial charge in [0.05, 0.1) is 0 Å². The third-order valence-corrected chi connectivity index (χ3v) is 6.25. The molecule has 2 N–H and O–H groups in total. The van der Waals surface area contributed by atoms with Gasteiger partial charge >= 0.3 is 0 Å². The maximum Gasteiger partial charge on any atom is 0.251 e. The van der Waals surface area contributed by atoms with Crippen molar-refractivity contribution >= 4 is 29.1 Å². The van der Waals surface area contributed by atoms with Crippen molar-refractivity contribution < 1.29 is 9.59 Å². The van der Waals surface area contributed by atoms with Crippen molar-refractivity contribution in [3.05, 3.63) is 64.7 Å². The summed E-state index contributed by atoms with van der Waals surface area (Å²) >= 11 is 5.94. The molecule has 1 heterocycles. The molecule has 5 nitrogen and oxygen atoms in total. The molecule has 0 saturated carbocycles. The van der Waals surface area contributed by atoms with Crippen molar-refractivity contribution in [3.63, 3.8) is 0 Å². The zero-order valence-corrected chi connectivity index (χ0v) is 19.8. The quantitative estimate of drug-likeness (QED) is 0.503. The van der Waals surface area contributed by atoms with Crippen LogP contribution in [-0.2, 0) is 4.79 Å². The maximum atomic E-state index is 12.1. The van der Waals surface area contributed by atoms with Crippen LogP contribution in [0.5, 0.6) is 0 Å². The van der Waals surface area contributed by atoms with Crippen molar-refractivity contribution in [1.82, 2.24) is 10.2 Å². The topological polar surface area (TPSA) is 61.4 Å². The number of benzene rings is 2. The normalized spacial score (nSPS) is 15.0. The number of likely N-dealkylation sites (tertiary alicyclic amines) is 1. The van der Waals surface area contributed by atoms with E-state index in [1.54, 1.807) is 24.3 Å². The number of hydrogen-bond acceptors (Lipinski definition) is 3. The molecule has 1 aliphatic heterocycles. The Hall–Kier alpha value is -2.37. The molecule has 1 aliphatic rings. The summed E-state index contributed by atoms with van der Waals surface area (Å²) in [7, 11) is 0. The van der Waals surface area contributed by atoms with E-state index in [0.29, 0.717) is 23.0 Å². The van der Waals surface area contributed by atoms with Gasteiger partial charge in [0.25, 0.3) is 5.91 Å². The van der Waals surface area contributed by atoms with Gasteiger partial charge in [-0.05, 0) is 87.1 Å². The number of piperidine rings is 1. The Kier molecular flexibility index (Phi) is 9.12. The van der Waals surface area contributed by atoms with Crippen molar-refractivity contribution in [3.8, 4) is 0 Å². The van der Waals surface area contributed by atoms with Gasteiger partial charge in [-0.2, -0.15) is 0 Å². The molecular weight excluding hydrogens is 422 g/mol. The van der Waals surface area contributed by atoms with Gasteiger partial charge < -0.3 is 15.5 Å². The first-order chi connectivity index (χ1) is 15.4. The van der Waals surface area contributed by atoms with Crippen LogP contribution in [0, 0.1) is 5.92 Å². The van der Waals surface area contributed by atoms with E-state index in [0.717, 1.165) is 51.0 Å². The third-order valence-electron chi connectivity index (χ3n) is 6.01. The van der Waals surface area contributed by atoms with Gasteiger partial charge in [-0.1, -0.05) is 43.6 Å². The zero-order valence-electron chi connectivity index (χ0n) is 19.1. The lowest BCUT2D eigenvalue weighted by Crippen LogP contribution is -2.34. The molecular formula is C26H34ClN3O2. The summed E-state index contributed by atoms with van der Waals surface area (Å²) in [6.45, 7) is 7.72. The molecule has 1 fully saturated rings. The summed E-state index contributed by atoms with van der Waals surface area (Å²) in [5.74, 6) is 0.507. The number of carbonyl (C=O) groups excluding carboxylic acids is 2. The van der Waals surface area contributed by atoms with Gasteiger partial charge in [0, 0.05) is 28.7 Å². The highest BCUT2D eigenvalue weighted by atomic mass is 35.5. The second-order valence-corrected chi connectivity index (χ2v) is 9.30. The number of rotatable bonds is 9. The number of halogens is 1. The first kappa shape index (κ1) is 24.3. The van der Waals surface area contributed by atoms with Crippen LogP contribution >= 0.6 is 11.6 Å². The van der Waals surface area contributed by atoms with E-state index in [2.05, 4.69) is 27.7 Å². The maximum absolute atomic E-state index is 12.1. The SMILES string of the molecule is CC(C)C(=O)Nc1cccc(C2CCN(CCCCNC(=O)c3cccc(Cl)c3)CC2)c1. The van der Waals surface area contributed by atoms with Gasteiger partial charge in [0.15, 0.2) is 0 Å². The minimum absolute atomic E-state index is 0.0212. The summed E-state index contributed by atoms with van der Waals surface area (Å²) in [6, 6.07) is 15.3. The third kappa shape index (κ3) is 7.35. The second kappa shape index (κ2) is 12.0. The fourth-order valence-electron chi connectivity index (χ4n) is 4.04. The van der Waals surface area contributed by atoms with Crippen LogP contribution < -0.4 is 10.6 Å². The van der Waals surface area contributed by atoms with Gasteiger partial charge in [-0.15, -0.1) is 0 Å². The predicted molar refractivity (Wildman–Crippen MR) is 131 cm³/mol. The van der Waals surface area contributed by atoms with Crippen LogP contribution in [0.1, 0.15) is 61.4 Å². The summed E-state index contributed by atoms with van der Waals surface area (Å²) in [5.41, 5.74) is 2.81. The summed E-state index contributed by atoms with van der Waals surface area (Å²) < 4.78 is 0. The number of nitrogens with one attached hydrogen (secondary N) is 2. The van der Waals surface area contributed by atoms with Crippen molar-refractivity contribution in [2.24, 2.45) is 5.92 Å². The fraction of sp³-hybridized carbons (Fsp3) is 0.462. The van der Waals surface area contributed by atoms with Crippen LogP contribution in [0.15, 0.2) is 48.5 Å². The van der Waals surface area contributed by atoms with Gasteiger partial charge in [0.2, 0.25) is 5.91 Å². The Bertz CT molecular complexity index is 907. The standard InChI is InChI=1S/C26H34ClN3O2/c1-19(2)25(31)29-24-10-6-7-21(18-24)20-11-15-30(16-12-20)14-4-3-13-28-26(32)22-8-5-9-23(27)17-22/h5-10,17-20H,3-4,11-16H2,1-2H3,(H,28,32)(H,29,31). The monoisotopic (exact) mass is 455 g/mol. The van der Waals surface area contributed by atoms with Gasteiger partial charge in [-0.25, -0.2) is 0 Å². The fourth-order valence-corrected chi connectivity index (χ4v) is 4.23. The number of hydrogen-bond donors (Lipinski definition) is 2. The smallest absolute Gasteiger partial charge is 0.251 e. The molecule has 2 amide bonds. The summed E-state index contributed by atoms with van der Waals surface area (Å²) in [4.78, 5) is 26.6. The lowest BCUT2D eigenvalue weighted by molar-refractivity contribution is -0.118. The lowest BCUT2D eigenvalue weighted by Gasteiger charge is -2.32. The first-order valence-corrected chi connectivity index (χ1v) is 12.0. The van der Waals surface area contributed by atoms with E-state index in [4.69, 9.17) is 11.6 Å². The van der Waals surface area contributed by atoms with Crippen LogP contribution in [0.3, 0.4) is 0 Å². The van der Waals surface area contributed by atoms with Crippen LogP contribution in [0.2, 0.25) is 5.02 Å². The molecule has 1 saturated heterocycles. The van der Waals surface area contributed by atoms with E-state index >= 15 is 0 Å². The van der Waals surface area contributed by atoms with Crippen LogP contribution in [0.4, 0.5) is 5.69 Å². The van der Waals surface area contributed by atoms with Crippen molar-refractivity contribution in [2.75, 3.05) is 31.5 Å². The summed E-state index contributed by atoms with van der Waals surface area (Å²) in [6.07, 6.45) is 4.29. The molecule has 3 rings (SSSR count). The molecule has 0 aliphatic carbocycles. The largest absolute Gasteiger partial charge is 0.352 e. The number of amides is 2. The highest BCUT2D eigenvalue weighted by Gasteiger charge is 2.20. The average molecular weight is 456 g/mol. The number of unbranched alkanes of at least 4 members (excludes halogenated alkanes) is 1. The van der Waals surface area contributed by atoms with Crippen molar-refractivity contribution in [1.29, 1.82) is 0 Å². The van der Waals surface area contributed by atoms with Gasteiger partial charge in [-0.3, -0.25) is 9.59 Å². The van der Waals surface area contributed by atoms with E-state index in [-0.39, 0.29) is 17.7 Å². The minimum atomic E-state index is -0.0693. The highest BCUT2D eigenvalue weighted by Crippen LogP contribution is 2.29. The molecule has 0 spiro atoms. The molecule has 0 atom stereocenters. The second-order valence-electron chi connectivity index (χ2n) is 8.86. The molecule has 0 aromatic heterocycles. The zero-order chi connectivity index (χ0) is 22.9. The number of nitrogens with zero attached hydrogens (tertiary/aromatic N) is 1. The Labute approximate surface area is 196 Å². The molecule has 0 radical (unpaired) electrons. The van der Waals surface area contributed by atoms with E-state index < -0.39 is 0 Å². The Morgan fingerprint density at radius 2 is 1.81 bits per heavy atom. The molecule has 32 heavy (non-hydrogen) atoms. The average Bonchev–Trinajstić information content (AvgIpc) is 2.79. The van der Waals surface area contributed by atoms with Gasteiger partial charge in [0.1, 0.15) is 0 Å². The number of anilines is 1. The Morgan fingerprint density at radius 3 is 2.53 bits per heavy atom. The summed E-state index contributed by atoms with van der Waals surface area (Å²) in [5, 5.41) is 6.55. The van der Waals surface area contributed by atoms with E-state index in [9.17, 15) is 9.59 Å². The van der Waals surface area contributed by atoms with Crippen molar-refractivity contribution in [2.45, 2.75) is 45.4 Å². The molecule has 0 bridgehead atoms. The van der Waals surface area contributed by atoms with Crippen LogP contribution in [0.25, 0.3) is 0 Å². The van der Waals surface area contributed by atoms with E-state index in [1.807, 2.05) is 26.0 Å². The molecule has 0 unspecified atom stereocenters. The van der Waals surface area contributed by atoms with Crippen LogP contribution in [-0.4, -0.2) is 42.9 Å². The lowest BCUT2D eigenvalue weighted by atomic mass is 9.89. The molecule has 6 heteroatoms. The molecule has 2 aromatic carbocycles. The van der Waals surface area contributed by atoms with E-state index in [1.165, 1.54) is 5.56 Å². The Morgan fingerprint density at radius 1 is 1.06 bits per heavy atom. The minimum Gasteiger partial charge on any atom is -0.352 e.